The van der Waals surface area contributed by atoms with Crippen molar-refractivity contribution in [2.75, 3.05) is 0 Å². The van der Waals surface area contributed by atoms with E-state index < -0.39 is 17.2 Å². The SMILES string of the molecule is Cc1ccccc1OP(Oc1ccccc1C)Oc1ccc2ccccc2c1Sc1c(OP(Oc2ccccc2C)Oc2ccccc2C)ccc2ccccc12. The third-order valence-electron chi connectivity index (χ3n) is 9.30. The number of hydrogen-bond acceptors (Lipinski definition) is 7. The Hall–Kier alpha value is -5.71. The summed E-state index contributed by atoms with van der Waals surface area (Å²) in [5, 5.41) is 4.14. The summed E-state index contributed by atoms with van der Waals surface area (Å²) in [6, 6.07) is 56.2. The molecule has 8 aromatic carbocycles. The van der Waals surface area contributed by atoms with Crippen molar-refractivity contribution in [3.05, 3.63) is 192 Å². The fraction of sp³-hybridized carbons (Fsp3) is 0.0833. The first kappa shape index (κ1) is 38.2. The largest absolute Gasteiger partial charge is 0.530 e. The highest BCUT2D eigenvalue weighted by Gasteiger charge is 2.28. The predicted molar refractivity (Wildman–Crippen MR) is 234 cm³/mol. The first-order chi connectivity index (χ1) is 27.9. The molecule has 0 N–H and O–H groups in total. The van der Waals surface area contributed by atoms with Crippen LogP contribution in [0.5, 0.6) is 34.5 Å². The van der Waals surface area contributed by atoms with E-state index in [1.807, 2.05) is 161 Å². The predicted octanol–water partition coefficient (Wildman–Crippen LogP) is 14.9. The smallest absolute Gasteiger partial charge is 0.408 e. The molecule has 0 atom stereocenters. The summed E-state index contributed by atoms with van der Waals surface area (Å²) in [6.07, 6.45) is 0. The Morgan fingerprint density at radius 2 is 0.579 bits per heavy atom. The highest BCUT2D eigenvalue weighted by molar-refractivity contribution is 8.00. The van der Waals surface area contributed by atoms with Crippen LogP contribution in [0.1, 0.15) is 22.3 Å². The van der Waals surface area contributed by atoms with Crippen LogP contribution >= 0.6 is 29.0 Å². The number of para-hydroxylation sites is 4. The van der Waals surface area contributed by atoms with E-state index in [-0.39, 0.29) is 0 Å². The Labute approximate surface area is 340 Å². The lowest BCUT2D eigenvalue weighted by atomic mass is 10.1. The Morgan fingerprint density at radius 3 is 0.912 bits per heavy atom. The summed E-state index contributed by atoms with van der Waals surface area (Å²) < 4.78 is 40.0. The second kappa shape index (κ2) is 17.6. The Bertz CT molecular complexity index is 2390. The number of fused-ring (bicyclic) bond motifs is 2. The summed E-state index contributed by atoms with van der Waals surface area (Å²) in [7, 11) is -3.94. The summed E-state index contributed by atoms with van der Waals surface area (Å²) in [6.45, 7) is 8.04. The second-order valence-corrected chi connectivity index (χ2v) is 16.4. The van der Waals surface area contributed by atoms with E-state index in [2.05, 4.69) is 36.4 Å². The second-order valence-electron chi connectivity index (χ2n) is 13.4. The summed E-state index contributed by atoms with van der Waals surface area (Å²) in [5.74, 6) is 3.97. The molecule has 0 saturated heterocycles. The van der Waals surface area contributed by atoms with Crippen molar-refractivity contribution in [2.45, 2.75) is 37.5 Å². The van der Waals surface area contributed by atoms with E-state index in [1.54, 1.807) is 11.8 Å². The fourth-order valence-electron chi connectivity index (χ4n) is 6.13. The van der Waals surface area contributed by atoms with Gasteiger partial charge in [0.25, 0.3) is 0 Å². The highest BCUT2D eigenvalue weighted by Crippen LogP contribution is 2.53. The van der Waals surface area contributed by atoms with Crippen molar-refractivity contribution in [3.63, 3.8) is 0 Å². The zero-order valence-corrected chi connectivity index (χ0v) is 34.5. The minimum Gasteiger partial charge on any atom is -0.408 e. The lowest BCUT2D eigenvalue weighted by Gasteiger charge is -2.23. The van der Waals surface area contributed by atoms with Crippen LogP contribution in [0.3, 0.4) is 0 Å². The zero-order chi connectivity index (χ0) is 39.1. The maximum absolute atomic E-state index is 6.87. The topological polar surface area (TPSA) is 55.4 Å². The summed E-state index contributed by atoms with van der Waals surface area (Å²) in [4.78, 5) is 1.76. The summed E-state index contributed by atoms with van der Waals surface area (Å²) in [5.41, 5.74) is 3.91. The lowest BCUT2D eigenvalue weighted by molar-refractivity contribution is 0.383. The lowest BCUT2D eigenvalue weighted by Crippen LogP contribution is -2.05. The van der Waals surface area contributed by atoms with Crippen LogP contribution in [0, 0.1) is 27.7 Å². The molecule has 0 unspecified atom stereocenters. The minimum absolute atomic E-state index is 0.612. The highest BCUT2D eigenvalue weighted by atomic mass is 32.2. The van der Waals surface area contributed by atoms with Gasteiger partial charge in [-0.1, -0.05) is 145 Å². The van der Waals surface area contributed by atoms with Gasteiger partial charge in [0.05, 0.1) is 9.79 Å². The number of hydrogen-bond donors (Lipinski definition) is 0. The van der Waals surface area contributed by atoms with Crippen LogP contribution < -0.4 is 27.1 Å². The van der Waals surface area contributed by atoms with E-state index in [0.717, 1.165) is 53.6 Å². The Kier molecular flexibility index (Phi) is 11.8. The molecule has 8 aromatic rings. The van der Waals surface area contributed by atoms with E-state index >= 15 is 0 Å². The van der Waals surface area contributed by atoms with Crippen molar-refractivity contribution in [3.8, 4) is 34.5 Å². The molecule has 0 aromatic heterocycles. The molecule has 6 nitrogen and oxygen atoms in total. The molecule has 0 spiro atoms. The third-order valence-corrected chi connectivity index (χ3v) is 12.6. The fourth-order valence-corrected chi connectivity index (χ4v) is 9.78. The van der Waals surface area contributed by atoms with Gasteiger partial charge in [0.2, 0.25) is 0 Å². The van der Waals surface area contributed by atoms with Gasteiger partial charge in [0, 0.05) is 0 Å². The van der Waals surface area contributed by atoms with Crippen LogP contribution in [0.25, 0.3) is 21.5 Å². The molecular weight excluding hydrogens is 767 g/mol. The molecule has 0 radical (unpaired) electrons. The van der Waals surface area contributed by atoms with Crippen molar-refractivity contribution >= 4 is 50.5 Å². The molecule has 8 rings (SSSR count). The average Bonchev–Trinajstić information content (AvgIpc) is 3.22. The van der Waals surface area contributed by atoms with Gasteiger partial charge in [-0.15, -0.1) is 0 Å². The van der Waals surface area contributed by atoms with Gasteiger partial charge in [-0.3, -0.25) is 0 Å². The summed E-state index contributed by atoms with van der Waals surface area (Å²) >= 11 is 1.57. The monoisotopic (exact) mass is 806 g/mol. The number of aryl methyl sites for hydroxylation is 4. The van der Waals surface area contributed by atoms with Crippen LogP contribution in [0.15, 0.2) is 180 Å². The van der Waals surface area contributed by atoms with Gasteiger partial charge in [-0.05, 0) is 108 Å². The minimum atomic E-state index is -1.97. The van der Waals surface area contributed by atoms with E-state index in [1.165, 1.54) is 0 Å². The molecule has 0 aliphatic heterocycles. The Balaban J connectivity index is 1.22. The van der Waals surface area contributed by atoms with Crippen LogP contribution in [0.2, 0.25) is 0 Å². The maximum atomic E-state index is 6.87. The first-order valence-electron chi connectivity index (χ1n) is 18.5. The average molecular weight is 807 g/mol. The molecular formula is C48H40O6P2S. The Morgan fingerprint density at radius 1 is 0.298 bits per heavy atom. The van der Waals surface area contributed by atoms with Gasteiger partial charge in [0.1, 0.15) is 34.5 Å². The quantitative estimate of drug-likeness (QED) is 0.101. The van der Waals surface area contributed by atoms with Crippen molar-refractivity contribution in [2.24, 2.45) is 0 Å². The number of rotatable bonds is 14. The molecule has 0 aliphatic rings. The van der Waals surface area contributed by atoms with Gasteiger partial charge in [-0.25, -0.2) is 0 Å². The molecule has 0 heterocycles. The number of benzene rings is 8. The molecule has 57 heavy (non-hydrogen) atoms. The normalized spacial score (nSPS) is 11.2. The van der Waals surface area contributed by atoms with Gasteiger partial charge in [0.15, 0.2) is 0 Å². The van der Waals surface area contributed by atoms with Gasteiger partial charge >= 0.3 is 17.2 Å². The molecule has 0 saturated carbocycles. The van der Waals surface area contributed by atoms with Crippen molar-refractivity contribution in [1.29, 1.82) is 0 Å². The molecule has 0 aliphatic carbocycles. The molecule has 0 fully saturated rings. The molecule has 284 valence electrons. The third kappa shape index (κ3) is 8.98. The van der Waals surface area contributed by atoms with Gasteiger partial charge in [-0.2, -0.15) is 0 Å². The van der Waals surface area contributed by atoms with Crippen LogP contribution in [-0.2, 0) is 0 Å². The first-order valence-corrected chi connectivity index (χ1v) is 21.5. The van der Waals surface area contributed by atoms with E-state index in [4.69, 9.17) is 27.1 Å². The van der Waals surface area contributed by atoms with E-state index in [9.17, 15) is 0 Å². The zero-order valence-electron chi connectivity index (χ0n) is 31.9. The maximum Gasteiger partial charge on any atom is 0.530 e. The van der Waals surface area contributed by atoms with Crippen molar-refractivity contribution < 1.29 is 27.1 Å². The van der Waals surface area contributed by atoms with Crippen molar-refractivity contribution in [1.82, 2.24) is 0 Å². The van der Waals surface area contributed by atoms with Crippen LogP contribution in [0.4, 0.5) is 0 Å². The molecule has 9 heteroatoms. The van der Waals surface area contributed by atoms with E-state index in [0.29, 0.717) is 34.5 Å². The molecule has 0 bridgehead atoms. The van der Waals surface area contributed by atoms with Gasteiger partial charge < -0.3 is 27.1 Å². The van der Waals surface area contributed by atoms with Crippen LogP contribution in [-0.4, -0.2) is 0 Å². The standard InChI is InChI=1S/C48H40O6P2S/c1-33-17-5-13-25-41(33)49-55(50-42-26-14-6-18-34(42)2)53-45-31-29-37-21-9-11-23-39(37)47(45)57-48-40-24-12-10-22-38(40)30-32-46(48)54-56(51-43-27-15-7-19-35(43)3)52-44-28-16-8-20-36(44)4/h5-32H,1-4H3. The molecule has 0 amide bonds.